The Morgan fingerprint density at radius 3 is 1.57 bits per heavy atom. The van der Waals surface area contributed by atoms with Crippen molar-refractivity contribution in [2.45, 2.75) is 51.9 Å². The molecule has 0 aliphatic carbocycles. The molecular weight excluding hydrogens is 670 g/mol. The Labute approximate surface area is 273 Å². The van der Waals surface area contributed by atoms with Crippen LogP contribution in [0, 0.1) is 50.0 Å². The van der Waals surface area contributed by atoms with Crippen LogP contribution < -0.4 is 16.4 Å². The minimum atomic E-state index is -1.22. The first-order valence-electron chi connectivity index (χ1n) is 14.1. The number of aromatic nitrogens is 4. The number of anilines is 1. The average molecular weight is 694 g/mol. The molecule has 2 aromatic heterocycles. The summed E-state index contributed by atoms with van der Waals surface area (Å²) in [5.74, 6) is -0.869. The highest BCUT2D eigenvalue weighted by molar-refractivity contribution is 6.32. The van der Waals surface area contributed by atoms with Crippen molar-refractivity contribution in [1.82, 2.24) is 18.7 Å². The van der Waals surface area contributed by atoms with Crippen molar-refractivity contribution in [2.24, 2.45) is 0 Å². The number of halogens is 5. The van der Waals surface area contributed by atoms with E-state index in [9.17, 15) is 43.0 Å². The molecule has 0 spiro atoms. The molecular formula is C29H24Cl2F3N7O6. The van der Waals surface area contributed by atoms with Gasteiger partial charge in [0.05, 0.1) is 39.7 Å². The second-order valence-electron chi connectivity index (χ2n) is 10.6. The summed E-state index contributed by atoms with van der Waals surface area (Å²) in [4.78, 5) is 45.0. The number of hydrogen-bond acceptors (Lipinski definition) is 7. The van der Waals surface area contributed by atoms with Gasteiger partial charge in [0.2, 0.25) is 5.82 Å². The Morgan fingerprint density at radius 2 is 1.15 bits per heavy atom. The Morgan fingerprint density at radius 1 is 0.723 bits per heavy atom. The maximum atomic E-state index is 14.5. The number of terminal acetylenes is 1. The summed E-state index contributed by atoms with van der Waals surface area (Å²) in [7, 11) is 0. The van der Waals surface area contributed by atoms with E-state index in [1.54, 1.807) is 4.68 Å². The van der Waals surface area contributed by atoms with E-state index < -0.39 is 49.8 Å². The van der Waals surface area contributed by atoms with E-state index in [0.29, 0.717) is 38.3 Å². The van der Waals surface area contributed by atoms with Gasteiger partial charge in [0.1, 0.15) is 27.6 Å². The molecule has 2 aliphatic heterocycles. The lowest BCUT2D eigenvalue weighted by Gasteiger charge is -2.17. The highest BCUT2D eigenvalue weighted by atomic mass is 35.5. The van der Waals surface area contributed by atoms with Crippen LogP contribution in [0.2, 0.25) is 10.3 Å². The number of nitrogens with zero attached hydrogens (tertiary/aromatic N) is 6. The minimum Gasteiger partial charge on any atom is -0.369 e. The lowest BCUT2D eigenvalue weighted by Crippen LogP contribution is -2.27. The van der Waals surface area contributed by atoms with Gasteiger partial charge in [0.25, 0.3) is 16.8 Å². The Bertz CT molecular complexity index is 2100. The molecule has 4 heterocycles. The molecule has 4 aromatic rings. The second-order valence-corrected chi connectivity index (χ2v) is 11.3. The van der Waals surface area contributed by atoms with Crippen LogP contribution in [0.25, 0.3) is 22.3 Å². The first-order chi connectivity index (χ1) is 22.4. The van der Waals surface area contributed by atoms with Gasteiger partial charge in [-0.05, 0) is 37.8 Å². The molecule has 0 saturated heterocycles. The molecule has 2 aromatic carbocycles. The number of fused-ring (bicyclic) bond motifs is 2. The smallest absolute Gasteiger partial charge is 0.307 e. The Hall–Kier alpha value is -5.01. The Balaban J connectivity index is 0.000000186. The molecule has 13 nitrogen and oxygen atoms in total. The van der Waals surface area contributed by atoms with Crippen molar-refractivity contribution in [3.63, 3.8) is 0 Å². The summed E-state index contributed by atoms with van der Waals surface area (Å²) in [6.45, 7) is 2.02. The molecule has 18 heteroatoms. The molecule has 0 unspecified atom stereocenters. The molecule has 246 valence electrons. The lowest BCUT2D eigenvalue weighted by molar-refractivity contribution is -0.387. The Kier molecular flexibility index (Phi) is 9.50. The van der Waals surface area contributed by atoms with Crippen LogP contribution in [0.15, 0.2) is 33.9 Å². The standard InChI is InChI=1S/C16H14ClFN4O3.C13H10ClF2N3O3/c1-2-5-19-12-8-10(11(18)9-13(12)22(24)25)14-15(17)20-6-3-4-7-21(20)16(14)23;14-12-11(13(20)18-4-2-1-3-17(12)18)7-5-9(16)10(19(21)22)6-8(7)15/h1,8-9,19H,3-7H2;5-6H,1-4H2. The fourth-order valence-corrected chi connectivity index (χ4v) is 6.28. The fraction of sp³-hybridized carbons (Fsp3) is 0.310. The van der Waals surface area contributed by atoms with Crippen molar-refractivity contribution in [2.75, 3.05) is 11.9 Å². The van der Waals surface area contributed by atoms with Gasteiger partial charge >= 0.3 is 5.69 Å². The zero-order valence-electron chi connectivity index (χ0n) is 24.3. The SMILES string of the molecule is C#CCNc1cc(-c2c(Cl)n3n(c2=O)CCCC3)c(F)cc1[N+](=O)[O-].O=c1c(-c2cc(F)c([N+](=O)[O-])cc2F)c(Cl)n2n1CCCC2. The van der Waals surface area contributed by atoms with Gasteiger partial charge in [-0.1, -0.05) is 29.1 Å². The van der Waals surface area contributed by atoms with Gasteiger partial charge < -0.3 is 5.32 Å². The molecule has 0 fully saturated rings. The van der Waals surface area contributed by atoms with E-state index in [1.165, 1.54) is 20.1 Å². The summed E-state index contributed by atoms with van der Waals surface area (Å²) in [5, 5.41) is 24.6. The number of rotatable bonds is 6. The van der Waals surface area contributed by atoms with Crippen molar-refractivity contribution >= 4 is 40.3 Å². The molecule has 1 N–H and O–H groups in total. The van der Waals surface area contributed by atoms with Crippen LogP contribution in [-0.4, -0.2) is 35.1 Å². The van der Waals surface area contributed by atoms with Crippen molar-refractivity contribution in [3.8, 4) is 34.6 Å². The first-order valence-corrected chi connectivity index (χ1v) is 14.9. The first kappa shape index (κ1) is 33.4. The van der Waals surface area contributed by atoms with Crippen LogP contribution >= 0.6 is 23.2 Å². The molecule has 47 heavy (non-hydrogen) atoms. The topological polar surface area (TPSA) is 152 Å². The second kappa shape index (κ2) is 13.4. The number of hydrogen-bond donors (Lipinski definition) is 1. The molecule has 2 aliphatic rings. The van der Waals surface area contributed by atoms with Crippen molar-refractivity contribution in [1.29, 1.82) is 0 Å². The van der Waals surface area contributed by atoms with Crippen molar-refractivity contribution in [3.05, 3.63) is 93.0 Å². The van der Waals surface area contributed by atoms with Gasteiger partial charge in [-0.2, -0.15) is 4.39 Å². The summed E-state index contributed by atoms with van der Waals surface area (Å²) >= 11 is 12.4. The zero-order chi connectivity index (χ0) is 34.2. The third-order valence-electron chi connectivity index (χ3n) is 7.76. The quantitative estimate of drug-likeness (QED) is 0.152. The van der Waals surface area contributed by atoms with Gasteiger partial charge in [0.15, 0.2) is 0 Å². The zero-order valence-corrected chi connectivity index (χ0v) is 25.8. The highest BCUT2D eigenvalue weighted by Gasteiger charge is 2.28. The third kappa shape index (κ3) is 6.11. The summed E-state index contributed by atoms with van der Waals surface area (Å²) in [5.41, 5.74) is -2.99. The monoisotopic (exact) mass is 693 g/mol. The van der Waals surface area contributed by atoms with Crippen LogP contribution in [0.1, 0.15) is 25.7 Å². The van der Waals surface area contributed by atoms with Gasteiger partial charge in [-0.3, -0.25) is 39.2 Å². The van der Waals surface area contributed by atoms with E-state index in [-0.39, 0.29) is 44.8 Å². The minimum absolute atomic E-state index is 0.000257. The largest absolute Gasteiger partial charge is 0.369 e. The predicted octanol–water partition coefficient (Wildman–Crippen LogP) is 5.81. The third-order valence-corrected chi connectivity index (χ3v) is 8.53. The fourth-order valence-electron chi connectivity index (χ4n) is 5.57. The number of nitrogens with one attached hydrogen (secondary N) is 1. The summed E-state index contributed by atoms with van der Waals surface area (Å²) in [6.07, 6.45) is 8.47. The average Bonchev–Trinajstić information content (AvgIpc) is 3.45. The lowest BCUT2D eigenvalue weighted by atomic mass is 10.1. The predicted molar refractivity (Wildman–Crippen MR) is 167 cm³/mol. The molecule has 0 saturated carbocycles. The molecule has 0 bridgehead atoms. The number of nitro groups is 2. The van der Waals surface area contributed by atoms with E-state index in [4.69, 9.17) is 29.6 Å². The van der Waals surface area contributed by atoms with Crippen molar-refractivity contribution < 1.29 is 23.0 Å². The maximum Gasteiger partial charge on any atom is 0.307 e. The van der Waals surface area contributed by atoms with Gasteiger partial charge in [-0.25, -0.2) is 18.1 Å². The number of benzene rings is 2. The van der Waals surface area contributed by atoms with Crippen LogP contribution in [-0.2, 0) is 26.2 Å². The van der Waals surface area contributed by atoms with Gasteiger partial charge in [0, 0.05) is 37.3 Å². The van der Waals surface area contributed by atoms with Crippen LogP contribution in [0.5, 0.6) is 0 Å². The van der Waals surface area contributed by atoms with E-state index in [1.807, 2.05) is 0 Å². The molecule has 6 rings (SSSR count). The van der Waals surface area contributed by atoms with E-state index in [0.717, 1.165) is 31.7 Å². The molecule has 0 amide bonds. The summed E-state index contributed by atoms with van der Waals surface area (Å²) < 4.78 is 48.4. The maximum absolute atomic E-state index is 14.5. The molecule has 0 atom stereocenters. The number of nitro benzene ring substituents is 2. The van der Waals surface area contributed by atoms with Crippen LogP contribution in [0.4, 0.5) is 30.2 Å². The van der Waals surface area contributed by atoms with E-state index in [2.05, 4.69) is 11.2 Å². The van der Waals surface area contributed by atoms with E-state index >= 15 is 0 Å². The van der Waals surface area contributed by atoms with Gasteiger partial charge in [-0.15, -0.1) is 6.42 Å². The normalized spacial score (nSPS) is 13.5. The summed E-state index contributed by atoms with van der Waals surface area (Å²) in [6, 6.07) is 3.08. The molecule has 0 radical (unpaired) electrons. The highest BCUT2D eigenvalue weighted by Crippen LogP contribution is 2.36. The van der Waals surface area contributed by atoms with Crippen LogP contribution in [0.3, 0.4) is 0 Å².